The van der Waals surface area contributed by atoms with Crippen molar-refractivity contribution in [1.29, 1.82) is 0 Å². The summed E-state index contributed by atoms with van der Waals surface area (Å²) in [6, 6.07) is 0. The minimum absolute atomic E-state index is 0.00112. The number of fused-ring (bicyclic) bond motifs is 5. The minimum atomic E-state index is -4.65. The molecule has 24 heteroatoms. The molecule has 3 aliphatic rings. The zero-order valence-electron chi connectivity index (χ0n) is 23.4. The van der Waals surface area contributed by atoms with Crippen LogP contribution in [0.25, 0.3) is 22.3 Å². The van der Waals surface area contributed by atoms with E-state index in [1.54, 1.807) is 0 Å². The van der Waals surface area contributed by atoms with Crippen molar-refractivity contribution in [2.45, 2.75) is 56.1 Å². The molecule has 3 fully saturated rings. The molecule has 0 aromatic carbocycles. The van der Waals surface area contributed by atoms with Crippen molar-refractivity contribution >= 4 is 54.3 Å². The highest BCUT2D eigenvalue weighted by atomic mass is 32.5. The van der Waals surface area contributed by atoms with Crippen LogP contribution < -0.4 is 11.3 Å². The first-order valence-corrected chi connectivity index (χ1v) is 17.9. The van der Waals surface area contributed by atoms with E-state index < -0.39 is 88.7 Å². The third-order valence-electron chi connectivity index (χ3n) is 7.54. The van der Waals surface area contributed by atoms with Crippen molar-refractivity contribution in [1.82, 2.24) is 39.0 Å². The number of anilines is 1. The summed E-state index contributed by atoms with van der Waals surface area (Å²) in [7, 11) is -4.65. The quantitative estimate of drug-likeness (QED) is 0.207. The molecule has 4 aromatic heterocycles. The molecule has 0 radical (unpaired) electrons. The van der Waals surface area contributed by atoms with Crippen molar-refractivity contribution in [3.8, 4) is 0 Å². The maximum absolute atomic E-state index is 16.0. The first kappa shape index (κ1) is 31.7. The Morgan fingerprint density at radius 2 is 1.67 bits per heavy atom. The molecule has 0 spiro atoms. The Kier molecular flexibility index (Phi) is 8.04. The summed E-state index contributed by atoms with van der Waals surface area (Å²) >= 11 is 5.18. The van der Waals surface area contributed by atoms with Gasteiger partial charge in [0.15, 0.2) is 47.4 Å². The second kappa shape index (κ2) is 11.7. The molecule has 46 heavy (non-hydrogen) atoms. The highest BCUT2D eigenvalue weighted by Crippen LogP contribution is 2.52. The summed E-state index contributed by atoms with van der Waals surface area (Å²) in [5.41, 5.74) is 5.49. The van der Waals surface area contributed by atoms with E-state index in [0.29, 0.717) is 0 Å². The van der Waals surface area contributed by atoms with Crippen molar-refractivity contribution in [2.75, 3.05) is 25.3 Å². The Balaban J connectivity index is 1.20. The fourth-order valence-corrected chi connectivity index (χ4v) is 7.67. The van der Waals surface area contributed by atoms with E-state index in [1.165, 1.54) is 22.4 Å². The average molecular weight is 708 g/mol. The number of ether oxygens (including phenoxy) is 3. The van der Waals surface area contributed by atoms with Gasteiger partial charge in [-0.05, 0) is 18.7 Å². The van der Waals surface area contributed by atoms with Crippen molar-refractivity contribution in [3.05, 3.63) is 35.2 Å². The van der Waals surface area contributed by atoms with Crippen LogP contribution in [-0.4, -0.2) is 105 Å². The number of aromatic amines is 1. The van der Waals surface area contributed by atoms with Crippen molar-refractivity contribution < 1.29 is 50.9 Å². The van der Waals surface area contributed by atoms with E-state index in [4.69, 9.17) is 45.3 Å². The number of aryl methyl sites for hydroxylation is 1. The smallest absolute Gasteiger partial charge is 0.353 e. The lowest BCUT2D eigenvalue weighted by atomic mass is 10.1. The molecule has 248 valence electrons. The largest absolute Gasteiger partial charge is 0.382 e. The number of alkyl halides is 2. The Labute approximate surface area is 260 Å². The summed E-state index contributed by atoms with van der Waals surface area (Å²) in [6.45, 7) is -4.28. The van der Waals surface area contributed by atoms with E-state index in [-0.39, 0.29) is 34.0 Å². The first-order valence-electron chi connectivity index (χ1n) is 13.5. The highest BCUT2D eigenvalue weighted by Gasteiger charge is 2.53. The molecule has 3 aliphatic heterocycles. The summed E-state index contributed by atoms with van der Waals surface area (Å²) in [5, 5.41) is 0. The summed E-state index contributed by atoms with van der Waals surface area (Å²) in [5.74, 6) is 0.257. The van der Waals surface area contributed by atoms with Gasteiger partial charge < -0.3 is 43.8 Å². The number of nitrogens with zero attached hydrogens (tertiary/aromatic N) is 7. The van der Waals surface area contributed by atoms with Gasteiger partial charge in [0, 0.05) is 0 Å². The van der Waals surface area contributed by atoms with E-state index >= 15 is 8.78 Å². The number of halogens is 2. The number of nitrogens with one attached hydrogen (secondary N) is 1. The van der Waals surface area contributed by atoms with Crippen LogP contribution in [-0.2, 0) is 44.2 Å². The number of rotatable bonds is 2. The van der Waals surface area contributed by atoms with Gasteiger partial charge in [0.25, 0.3) is 5.56 Å². The fraction of sp³-hybridized carbons (Fsp3) is 0.545. The molecule has 0 saturated carbocycles. The van der Waals surface area contributed by atoms with Gasteiger partial charge in [-0.3, -0.25) is 23.0 Å². The third-order valence-corrected chi connectivity index (χ3v) is 10.1. The van der Waals surface area contributed by atoms with Crippen LogP contribution in [0.1, 0.15) is 18.3 Å². The maximum Gasteiger partial charge on any atom is 0.353 e. The van der Waals surface area contributed by atoms with Gasteiger partial charge in [-0.2, -0.15) is 0 Å². The molecule has 2 bridgehead atoms. The molecule has 5 N–H and O–H groups in total. The number of aromatic nitrogens is 8. The van der Waals surface area contributed by atoms with Gasteiger partial charge in [-0.15, -0.1) is 0 Å². The van der Waals surface area contributed by atoms with Gasteiger partial charge in [0.05, 0.1) is 25.9 Å². The SMILES string of the molecule is Cc1nc2c(ncn2[C@@H]2O[C@@H]3COP(=O)(O)CO[C@H]4[C@@H](F)[C@H](n5cnc6c(N)ncnc65)O[C@@H]4COP(O)(=S)O[C@@H]2[C@@H]3F)c(=O)[nH]1. The lowest BCUT2D eigenvalue weighted by molar-refractivity contribution is -0.0573. The number of nitrogens with two attached hydrogens (primary N) is 1. The second-order valence-electron chi connectivity index (χ2n) is 10.6. The maximum atomic E-state index is 16.0. The Morgan fingerprint density at radius 3 is 2.46 bits per heavy atom. The number of hydrogen-bond donors (Lipinski definition) is 4. The van der Waals surface area contributed by atoms with Crippen LogP contribution in [0.3, 0.4) is 0 Å². The minimum Gasteiger partial charge on any atom is -0.382 e. The average Bonchev–Trinajstić information content (AvgIpc) is 3.75. The van der Waals surface area contributed by atoms with E-state index in [0.717, 1.165) is 12.7 Å². The molecule has 0 amide bonds. The highest BCUT2D eigenvalue weighted by molar-refractivity contribution is 8.07. The third kappa shape index (κ3) is 5.66. The zero-order valence-corrected chi connectivity index (χ0v) is 26.0. The molecule has 7 heterocycles. The number of hydrogen-bond acceptors (Lipinski definition) is 15. The zero-order chi connectivity index (χ0) is 32.5. The number of H-pyrrole nitrogens is 1. The van der Waals surface area contributed by atoms with Gasteiger partial charge in [0.1, 0.15) is 48.4 Å². The summed E-state index contributed by atoms with van der Waals surface area (Å²) < 4.78 is 80.5. The molecular formula is C22H25F2N9O10P2S. The van der Waals surface area contributed by atoms with Crippen molar-refractivity contribution in [2.24, 2.45) is 0 Å². The van der Waals surface area contributed by atoms with Crippen LogP contribution >= 0.6 is 14.3 Å². The predicted molar refractivity (Wildman–Crippen MR) is 153 cm³/mol. The topological polar surface area (TPSA) is 246 Å². The Morgan fingerprint density at radius 1 is 0.978 bits per heavy atom. The molecule has 10 atom stereocenters. The molecule has 3 saturated heterocycles. The van der Waals surface area contributed by atoms with Crippen LogP contribution in [0.15, 0.2) is 23.8 Å². The molecule has 19 nitrogen and oxygen atoms in total. The summed E-state index contributed by atoms with van der Waals surface area (Å²) in [4.78, 5) is 56.7. The lowest BCUT2D eigenvalue weighted by Gasteiger charge is -2.27. The molecule has 7 rings (SSSR count). The normalized spacial score (nSPS) is 37.4. The van der Waals surface area contributed by atoms with Gasteiger partial charge in [0.2, 0.25) is 0 Å². The van der Waals surface area contributed by atoms with Crippen LogP contribution in [0.5, 0.6) is 0 Å². The van der Waals surface area contributed by atoms with E-state index in [1.807, 2.05) is 0 Å². The second-order valence-corrected chi connectivity index (χ2v) is 15.2. The van der Waals surface area contributed by atoms with Crippen LogP contribution in [0.4, 0.5) is 14.6 Å². The Bertz CT molecular complexity index is 1970. The monoisotopic (exact) mass is 707 g/mol. The Hall–Kier alpha value is -2.88. The molecule has 2 unspecified atom stereocenters. The molecule has 0 aliphatic carbocycles. The van der Waals surface area contributed by atoms with Gasteiger partial charge in [-0.25, -0.2) is 33.7 Å². The molecular weight excluding hydrogens is 682 g/mol. The van der Waals surface area contributed by atoms with E-state index in [9.17, 15) is 19.1 Å². The van der Waals surface area contributed by atoms with Gasteiger partial charge in [-0.1, -0.05) is 0 Å². The molecule has 4 aromatic rings. The fourth-order valence-electron chi connectivity index (χ4n) is 5.45. The number of nitrogen functional groups attached to an aromatic ring is 1. The lowest BCUT2D eigenvalue weighted by Crippen LogP contribution is -2.36. The summed E-state index contributed by atoms with van der Waals surface area (Å²) in [6.07, 6.45) is -10.6. The van der Waals surface area contributed by atoms with Crippen LogP contribution in [0, 0.1) is 6.92 Å². The van der Waals surface area contributed by atoms with E-state index in [2.05, 4.69) is 29.9 Å². The van der Waals surface area contributed by atoms with Crippen LogP contribution in [0.2, 0.25) is 0 Å². The number of imidazole rings is 2. The first-order chi connectivity index (χ1) is 21.8. The van der Waals surface area contributed by atoms with Crippen molar-refractivity contribution in [3.63, 3.8) is 0 Å². The standard InChI is InChI=1S/C22H25F2N9O10P2S/c1-8-30-19-14(20(34)31-8)29-6-33(19)22-16-11(23)9(41-22)2-39-44(35,36)7-38-15-10(3-40-45(37,46)43-16)42-21(12(15)24)32-5-28-13-17(25)26-4-27-18(13)32/h4-6,9-12,15-16,21-22H,2-3,7H2,1H3,(H,35,36)(H,37,46)(H2,25,26,27)(H,30,31,34)/t9-,10-,11-,12-,15-,16-,21-,22-,45?/m1/s1. The predicted octanol–water partition coefficient (Wildman–Crippen LogP) is 0.498. The van der Waals surface area contributed by atoms with Gasteiger partial charge >= 0.3 is 14.3 Å².